The number of amides is 1. The summed E-state index contributed by atoms with van der Waals surface area (Å²) in [6.45, 7) is 5.39. The Labute approximate surface area is 117 Å². The average Bonchev–Trinajstić information content (AvgIpc) is 2.34. The summed E-state index contributed by atoms with van der Waals surface area (Å²) in [5.41, 5.74) is 5.68. The van der Waals surface area contributed by atoms with E-state index in [4.69, 9.17) is 10.5 Å². The van der Waals surface area contributed by atoms with Gasteiger partial charge in [0.05, 0.1) is 10.5 Å². The van der Waals surface area contributed by atoms with Crippen LogP contribution in [-0.4, -0.2) is 29.5 Å². The van der Waals surface area contributed by atoms with Gasteiger partial charge in [0.1, 0.15) is 18.4 Å². The molecule has 0 aliphatic heterocycles. The lowest BCUT2D eigenvalue weighted by atomic mass is 10.2. The molecule has 1 amide bonds. The number of nitrogens with two attached hydrogens (primary N) is 1. The number of ether oxygens (including phenoxy) is 1. The van der Waals surface area contributed by atoms with Crippen molar-refractivity contribution >= 4 is 11.6 Å². The van der Waals surface area contributed by atoms with Crippen LogP contribution in [0, 0.1) is 17.0 Å². The Morgan fingerprint density at radius 2 is 2.15 bits per heavy atom. The second-order valence-electron chi connectivity index (χ2n) is 4.74. The van der Waals surface area contributed by atoms with Gasteiger partial charge >= 0.3 is 0 Å². The molecule has 0 saturated heterocycles. The van der Waals surface area contributed by atoms with E-state index in [2.05, 4.69) is 5.32 Å². The highest BCUT2D eigenvalue weighted by molar-refractivity contribution is 5.80. The topological polar surface area (TPSA) is 107 Å². The summed E-state index contributed by atoms with van der Waals surface area (Å²) >= 11 is 0. The highest BCUT2D eigenvalue weighted by Gasteiger charge is 2.19. The fraction of sp³-hybridized carbons (Fsp3) is 0.462. The van der Waals surface area contributed by atoms with Gasteiger partial charge < -0.3 is 15.8 Å². The third kappa shape index (κ3) is 4.20. The van der Waals surface area contributed by atoms with E-state index in [-0.39, 0.29) is 18.3 Å². The average molecular weight is 281 g/mol. The summed E-state index contributed by atoms with van der Waals surface area (Å²) in [6.07, 6.45) is 0. The Hall–Kier alpha value is -2.15. The van der Waals surface area contributed by atoms with Crippen molar-refractivity contribution in [3.8, 4) is 5.75 Å². The van der Waals surface area contributed by atoms with Gasteiger partial charge in [-0.3, -0.25) is 14.9 Å². The summed E-state index contributed by atoms with van der Waals surface area (Å²) < 4.78 is 5.48. The highest BCUT2D eigenvalue weighted by atomic mass is 16.6. The number of carbonyl (C=O) groups is 1. The molecule has 0 fully saturated rings. The molecule has 0 spiro atoms. The normalized spacial score (nSPS) is 12.2. The molecule has 0 bridgehead atoms. The van der Waals surface area contributed by atoms with Crippen LogP contribution < -0.4 is 15.8 Å². The molecule has 0 heterocycles. The summed E-state index contributed by atoms with van der Waals surface area (Å²) in [7, 11) is 0. The first kappa shape index (κ1) is 15.9. The van der Waals surface area contributed by atoms with Crippen molar-refractivity contribution in [1.82, 2.24) is 5.32 Å². The van der Waals surface area contributed by atoms with Crippen LogP contribution in [0.25, 0.3) is 0 Å². The zero-order chi connectivity index (χ0) is 15.3. The summed E-state index contributed by atoms with van der Waals surface area (Å²) in [4.78, 5) is 21.6. The Kier molecular flexibility index (Phi) is 5.45. The second kappa shape index (κ2) is 6.85. The third-order valence-corrected chi connectivity index (χ3v) is 2.74. The number of primary amides is 1. The van der Waals surface area contributed by atoms with Crippen LogP contribution in [0.5, 0.6) is 5.75 Å². The summed E-state index contributed by atoms with van der Waals surface area (Å²) in [5, 5.41) is 13.8. The van der Waals surface area contributed by atoms with Crippen LogP contribution in [-0.2, 0) is 4.79 Å². The molecule has 0 aromatic heterocycles. The van der Waals surface area contributed by atoms with E-state index in [1.54, 1.807) is 13.0 Å². The maximum atomic E-state index is 11.3. The molecule has 7 heteroatoms. The molecule has 1 atom stereocenters. The van der Waals surface area contributed by atoms with Gasteiger partial charge in [-0.15, -0.1) is 0 Å². The molecule has 1 rings (SSSR count). The number of nitro groups is 1. The van der Waals surface area contributed by atoms with Gasteiger partial charge in [0, 0.05) is 12.1 Å². The summed E-state index contributed by atoms with van der Waals surface area (Å²) in [5.74, 6) is -0.155. The van der Waals surface area contributed by atoms with Crippen molar-refractivity contribution in [1.29, 1.82) is 0 Å². The van der Waals surface area contributed by atoms with Crippen molar-refractivity contribution in [3.05, 3.63) is 33.9 Å². The van der Waals surface area contributed by atoms with E-state index >= 15 is 0 Å². The monoisotopic (exact) mass is 281 g/mol. The number of hydrogen-bond acceptors (Lipinski definition) is 5. The van der Waals surface area contributed by atoms with Crippen molar-refractivity contribution in [2.75, 3.05) is 6.61 Å². The number of nitrogens with one attached hydrogen (secondary N) is 1. The third-order valence-electron chi connectivity index (χ3n) is 2.74. The molecule has 110 valence electrons. The first-order valence-electron chi connectivity index (χ1n) is 6.25. The zero-order valence-corrected chi connectivity index (χ0v) is 11.8. The molecule has 20 heavy (non-hydrogen) atoms. The van der Waals surface area contributed by atoms with Gasteiger partial charge in [0.2, 0.25) is 5.91 Å². The first-order valence-corrected chi connectivity index (χ1v) is 6.25. The van der Waals surface area contributed by atoms with E-state index in [0.29, 0.717) is 11.3 Å². The SMILES string of the molecule is Cc1c(OCC(NC(C)C)C(N)=O)cccc1[N+](=O)[O-]. The maximum Gasteiger partial charge on any atom is 0.276 e. The smallest absolute Gasteiger partial charge is 0.276 e. The second-order valence-corrected chi connectivity index (χ2v) is 4.74. The molecular formula is C13H19N3O4. The zero-order valence-electron chi connectivity index (χ0n) is 11.8. The van der Waals surface area contributed by atoms with E-state index in [0.717, 1.165) is 0 Å². The van der Waals surface area contributed by atoms with E-state index in [9.17, 15) is 14.9 Å². The Balaban J connectivity index is 2.80. The lowest BCUT2D eigenvalue weighted by molar-refractivity contribution is -0.385. The fourth-order valence-electron chi connectivity index (χ4n) is 1.74. The number of rotatable bonds is 7. The predicted octanol–water partition coefficient (Wildman–Crippen LogP) is 1.13. The van der Waals surface area contributed by atoms with Gasteiger partial charge in [0.15, 0.2) is 0 Å². The van der Waals surface area contributed by atoms with Crippen molar-refractivity contribution < 1.29 is 14.5 Å². The Morgan fingerprint density at radius 3 is 2.65 bits per heavy atom. The van der Waals surface area contributed by atoms with Gasteiger partial charge in [-0.05, 0) is 13.0 Å². The van der Waals surface area contributed by atoms with E-state index in [1.807, 2.05) is 13.8 Å². The van der Waals surface area contributed by atoms with E-state index in [1.165, 1.54) is 12.1 Å². The molecule has 1 unspecified atom stereocenters. The predicted molar refractivity (Wildman–Crippen MR) is 74.6 cm³/mol. The van der Waals surface area contributed by atoms with Crippen LogP contribution in [0.1, 0.15) is 19.4 Å². The molecule has 0 saturated carbocycles. The first-order chi connectivity index (χ1) is 9.32. The highest BCUT2D eigenvalue weighted by Crippen LogP contribution is 2.26. The standard InChI is InChI=1S/C13H19N3O4/c1-8(2)15-10(13(14)17)7-20-12-6-4-5-11(9(12)3)16(18)19/h4-6,8,10,15H,7H2,1-3H3,(H2,14,17). The number of nitrogens with zero attached hydrogens (tertiary/aromatic N) is 1. The van der Waals surface area contributed by atoms with E-state index < -0.39 is 16.9 Å². The number of nitro benzene ring substituents is 1. The quantitative estimate of drug-likeness (QED) is 0.575. The van der Waals surface area contributed by atoms with Crippen LogP contribution >= 0.6 is 0 Å². The Bertz CT molecular complexity index is 502. The molecule has 0 radical (unpaired) electrons. The fourth-order valence-corrected chi connectivity index (χ4v) is 1.74. The van der Waals surface area contributed by atoms with Gasteiger partial charge in [-0.2, -0.15) is 0 Å². The molecule has 1 aromatic carbocycles. The molecule has 0 aliphatic rings. The minimum atomic E-state index is -0.645. The largest absolute Gasteiger partial charge is 0.491 e. The lowest BCUT2D eigenvalue weighted by Crippen LogP contribution is -2.48. The van der Waals surface area contributed by atoms with Crippen molar-refractivity contribution in [2.24, 2.45) is 5.73 Å². The van der Waals surface area contributed by atoms with Gasteiger partial charge in [0.25, 0.3) is 5.69 Å². The van der Waals surface area contributed by atoms with Gasteiger partial charge in [-0.1, -0.05) is 19.9 Å². The minimum Gasteiger partial charge on any atom is -0.491 e. The molecular weight excluding hydrogens is 262 g/mol. The maximum absolute atomic E-state index is 11.3. The van der Waals surface area contributed by atoms with Crippen molar-refractivity contribution in [3.63, 3.8) is 0 Å². The molecule has 3 N–H and O–H groups in total. The number of carbonyl (C=O) groups excluding carboxylic acids is 1. The number of hydrogen-bond donors (Lipinski definition) is 2. The lowest BCUT2D eigenvalue weighted by Gasteiger charge is -2.19. The van der Waals surface area contributed by atoms with Crippen LogP contribution in [0.15, 0.2) is 18.2 Å². The van der Waals surface area contributed by atoms with Crippen LogP contribution in [0.3, 0.4) is 0 Å². The van der Waals surface area contributed by atoms with Crippen molar-refractivity contribution in [2.45, 2.75) is 32.9 Å². The number of benzene rings is 1. The minimum absolute atomic E-state index is 0.0186. The molecule has 7 nitrogen and oxygen atoms in total. The van der Waals surface area contributed by atoms with Crippen LogP contribution in [0.4, 0.5) is 5.69 Å². The molecule has 0 aliphatic carbocycles. The molecule has 1 aromatic rings. The summed E-state index contributed by atoms with van der Waals surface area (Å²) in [6, 6.07) is 3.99. The van der Waals surface area contributed by atoms with Gasteiger partial charge in [-0.25, -0.2) is 0 Å². The van der Waals surface area contributed by atoms with Crippen LogP contribution in [0.2, 0.25) is 0 Å². The Morgan fingerprint density at radius 1 is 1.50 bits per heavy atom.